The van der Waals surface area contributed by atoms with Crippen LogP contribution in [0.4, 0.5) is 0 Å². The fourth-order valence-electron chi connectivity index (χ4n) is 1.23. The van der Waals surface area contributed by atoms with Gasteiger partial charge in [0.2, 0.25) is 6.29 Å². The minimum absolute atomic E-state index is 0.278. The van der Waals surface area contributed by atoms with Crippen molar-refractivity contribution >= 4 is 6.29 Å². The molecule has 0 aromatic heterocycles. The van der Waals surface area contributed by atoms with Gasteiger partial charge in [0, 0.05) is 0 Å². The van der Waals surface area contributed by atoms with E-state index in [0.29, 0.717) is 0 Å². The summed E-state index contributed by atoms with van der Waals surface area (Å²) in [5, 5.41) is 0. The maximum Gasteiger partial charge on any atom is 0.220 e. The van der Waals surface area contributed by atoms with Gasteiger partial charge in [-0.2, -0.15) is 0 Å². The van der Waals surface area contributed by atoms with E-state index in [9.17, 15) is 4.79 Å². The second-order valence-corrected chi connectivity index (χ2v) is 2.90. The molecular formula is C7H12NO. The fourth-order valence-corrected chi connectivity index (χ4v) is 1.23. The molecule has 1 fully saturated rings. The Bertz CT molecular complexity index is 124. The maximum atomic E-state index is 10.4. The van der Waals surface area contributed by atoms with Crippen LogP contribution in [0.5, 0.6) is 0 Å². The molecular weight excluding hydrogens is 114 g/mol. The zero-order valence-corrected chi connectivity index (χ0v) is 5.98. The summed E-state index contributed by atoms with van der Waals surface area (Å²) in [5.41, 5.74) is -0.278. The van der Waals surface area contributed by atoms with Gasteiger partial charge in [-0.1, -0.05) is 0 Å². The quantitative estimate of drug-likeness (QED) is 0.512. The van der Waals surface area contributed by atoms with E-state index >= 15 is 0 Å². The third kappa shape index (κ3) is 0.990. The Morgan fingerprint density at radius 3 is 2.56 bits per heavy atom. The Kier molecular flexibility index (Phi) is 1.58. The zero-order chi connectivity index (χ0) is 6.91. The summed E-state index contributed by atoms with van der Waals surface area (Å²) < 4.78 is 0. The van der Waals surface area contributed by atoms with Crippen LogP contribution < -0.4 is 0 Å². The largest absolute Gasteiger partial charge is 0.294 e. The molecule has 0 spiro atoms. The molecule has 0 saturated carbocycles. The van der Waals surface area contributed by atoms with E-state index in [-0.39, 0.29) is 5.54 Å². The standard InChI is InChI=1S/C7H12NO/c1-7(6-9)4-3-5-8(7)2/h3-5H2,1-2H3. The van der Waals surface area contributed by atoms with Gasteiger partial charge in [-0.05, 0) is 33.4 Å². The molecule has 2 heteroatoms. The number of rotatable bonds is 1. The van der Waals surface area contributed by atoms with Crippen molar-refractivity contribution in [2.45, 2.75) is 25.3 Å². The molecule has 1 saturated heterocycles. The van der Waals surface area contributed by atoms with Gasteiger partial charge >= 0.3 is 0 Å². The average Bonchev–Trinajstić information content (AvgIpc) is 2.15. The summed E-state index contributed by atoms with van der Waals surface area (Å²) in [7, 11) is 1.97. The van der Waals surface area contributed by atoms with Crippen molar-refractivity contribution in [2.24, 2.45) is 0 Å². The number of likely N-dealkylation sites (N-methyl/N-ethyl adjacent to an activating group) is 1. The van der Waals surface area contributed by atoms with Gasteiger partial charge < -0.3 is 0 Å². The van der Waals surface area contributed by atoms with Crippen molar-refractivity contribution in [1.29, 1.82) is 0 Å². The summed E-state index contributed by atoms with van der Waals surface area (Å²) >= 11 is 0. The van der Waals surface area contributed by atoms with E-state index in [4.69, 9.17) is 0 Å². The Labute approximate surface area is 55.8 Å². The maximum absolute atomic E-state index is 10.4. The van der Waals surface area contributed by atoms with Crippen LogP contribution in [-0.4, -0.2) is 30.3 Å². The molecule has 1 aliphatic rings. The van der Waals surface area contributed by atoms with Gasteiger partial charge in [0.1, 0.15) is 0 Å². The van der Waals surface area contributed by atoms with Crippen LogP contribution in [-0.2, 0) is 4.79 Å². The Morgan fingerprint density at radius 2 is 2.33 bits per heavy atom. The highest BCUT2D eigenvalue weighted by Crippen LogP contribution is 2.24. The van der Waals surface area contributed by atoms with E-state index in [1.165, 1.54) is 0 Å². The highest BCUT2D eigenvalue weighted by molar-refractivity contribution is 5.64. The topological polar surface area (TPSA) is 20.3 Å². The first-order chi connectivity index (χ1) is 4.19. The lowest BCUT2D eigenvalue weighted by atomic mass is 10.0. The summed E-state index contributed by atoms with van der Waals surface area (Å²) in [6, 6.07) is 0. The second-order valence-electron chi connectivity index (χ2n) is 2.90. The summed E-state index contributed by atoms with van der Waals surface area (Å²) in [6.07, 6.45) is 4.16. The summed E-state index contributed by atoms with van der Waals surface area (Å²) in [5.74, 6) is 0. The SMILES string of the molecule is CN1CCCC1(C)[C]=O. The number of hydrogen-bond donors (Lipinski definition) is 0. The molecule has 0 amide bonds. The monoisotopic (exact) mass is 126 g/mol. The molecule has 0 aromatic carbocycles. The average molecular weight is 126 g/mol. The third-order valence-electron chi connectivity index (χ3n) is 2.22. The number of hydrogen-bond acceptors (Lipinski definition) is 2. The molecule has 1 radical (unpaired) electrons. The van der Waals surface area contributed by atoms with Crippen LogP contribution >= 0.6 is 0 Å². The number of carbonyl (C=O) groups excluding carboxylic acids is 1. The smallest absolute Gasteiger partial charge is 0.220 e. The van der Waals surface area contributed by atoms with Crippen LogP contribution in [0.2, 0.25) is 0 Å². The Balaban J connectivity index is 2.66. The van der Waals surface area contributed by atoms with Gasteiger partial charge in [-0.15, -0.1) is 0 Å². The molecule has 1 aliphatic heterocycles. The van der Waals surface area contributed by atoms with E-state index in [0.717, 1.165) is 19.4 Å². The normalized spacial score (nSPS) is 37.1. The number of likely N-dealkylation sites (tertiary alicyclic amines) is 1. The molecule has 51 valence electrons. The van der Waals surface area contributed by atoms with E-state index < -0.39 is 0 Å². The predicted octanol–water partition coefficient (Wildman–Crippen LogP) is 0.580. The molecule has 1 heterocycles. The summed E-state index contributed by atoms with van der Waals surface area (Å²) in [6.45, 7) is 2.97. The lowest BCUT2D eigenvalue weighted by molar-refractivity contribution is 0.263. The predicted molar refractivity (Wildman–Crippen MR) is 36.0 cm³/mol. The van der Waals surface area contributed by atoms with Gasteiger partial charge in [0.05, 0.1) is 5.54 Å². The van der Waals surface area contributed by atoms with Crippen molar-refractivity contribution in [3.8, 4) is 0 Å². The fraction of sp³-hybridized carbons (Fsp3) is 0.857. The van der Waals surface area contributed by atoms with Crippen molar-refractivity contribution in [3.05, 3.63) is 0 Å². The van der Waals surface area contributed by atoms with Gasteiger partial charge in [-0.25, -0.2) is 0 Å². The molecule has 0 bridgehead atoms. The first-order valence-electron chi connectivity index (χ1n) is 3.29. The minimum atomic E-state index is -0.278. The molecule has 0 N–H and O–H groups in total. The van der Waals surface area contributed by atoms with Gasteiger partial charge in [-0.3, -0.25) is 9.69 Å². The first kappa shape index (κ1) is 6.75. The van der Waals surface area contributed by atoms with Crippen LogP contribution in [0.15, 0.2) is 0 Å². The lowest BCUT2D eigenvalue weighted by Gasteiger charge is -2.23. The van der Waals surface area contributed by atoms with E-state index in [1.54, 1.807) is 0 Å². The van der Waals surface area contributed by atoms with Crippen molar-refractivity contribution in [2.75, 3.05) is 13.6 Å². The highest BCUT2D eigenvalue weighted by Gasteiger charge is 2.34. The van der Waals surface area contributed by atoms with Crippen LogP contribution in [0.1, 0.15) is 19.8 Å². The molecule has 0 aliphatic carbocycles. The van der Waals surface area contributed by atoms with Crippen molar-refractivity contribution in [1.82, 2.24) is 4.90 Å². The molecule has 1 unspecified atom stereocenters. The van der Waals surface area contributed by atoms with E-state index in [1.807, 2.05) is 14.0 Å². The Hall–Kier alpha value is -0.370. The molecule has 2 nitrogen and oxygen atoms in total. The lowest BCUT2D eigenvalue weighted by Crippen LogP contribution is -2.39. The molecule has 9 heavy (non-hydrogen) atoms. The third-order valence-corrected chi connectivity index (χ3v) is 2.22. The second kappa shape index (κ2) is 2.10. The zero-order valence-electron chi connectivity index (χ0n) is 5.98. The Morgan fingerprint density at radius 1 is 1.67 bits per heavy atom. The minimum Gasteiger partial charge on any atom is -0.294 e. The van der Waals surface area contributed by atoms with Crippen LogP contribution in [0, 0.1) is 0 Å². The van der Waals surface area contributed by atoms with Crippen LogP contribution in [0.3, 0.4) is 0 Å². The van der Waals surface area contributed by atoms with Crippen molar-refractivity contribution in [3.63, 3.8) is 0 Å². The summed E-state index contributed by atoms with van der Waals surface area (Å²) in [4.78, 5) is 12.4. The van der Waals surface area contributed by atoms with E-state index in [2.05, 4.69) is 11.2 Å². The van der Waals surface area contributed by atoms with Crippen molar-refractivity contribution < 1.29 is 4.79 Å². The van der Waals surface area contributed by atoms with Gasteiger partial charge in [0.15, 0.2) is 0 Å². The molecule has 1 rings (SSSR count). The number of nitrogens with zero attached hydrogens (tertiary/aromatic N) is 1. The molecule has 1 atom stereocenters. The first-order valence-corrected chi connectivity index (χ1v) is 3.29. The van der Waals surface area contributed by atoms with Gasteiger partial charge in [0.25, 0.3) is 0 Å². The highest BCUT2D eigenvalue weighted by atomic mass is 16.1. The van der Waals surface area contributed by atoms with Crippen LogP contribution in [0.25, 0.3) is 0 Å². The molecule has 0 aromatic rings.